The zero-order chi connectivity index (χ0) is 21.6. The molecule has 172 valence electrons. The summed E-state index contributed by atoms with van der Waals surface area (Å²) < 4.78 is 17.5. The van der Waals surface area contributed by atoms with Crippen LogP contribution < -0.4 is 14.8 Å². The molecule has 2 unspecified atom stereocenters. The van der Waals surface area contributed by atoms with E-state index in [-0.39, 0.29) is 18.1 Å². The fourth-order valence-electron chi connectivity index (χ4n) is 4.83. The highest BCUT2D eigenvalue weighted by molar-refractivity contribution is 5.78. The van der Waals surface area contributed by atoms with Crippen molar-refractivity contribution in [3.63, 3.8) is 0 Å². The van der Waals surface area contributed by atoms with E-state index in [0.29, 0.717) is 32.2 Å². The summed E-state index contributed by atoms with van der Waals surface area (Å²) in [6, 6.07) is 6.47. The summed E-state index contributed by atoms with van der Waals surface area (Å²) in [5, 5.41) is 3.11. The second-order valence-electron chi connectivity index (χ2n) is 9.34. The lowest BCUT2D eigenvalue weighted by atomic mass is 10.0. The topological polar surface area (TPSA) is 63.3 Å². The average Bonchev–Trinajstić information content (AvgIpc) is 3.07. The fourth-order valence-corrected chi connectivity index (χ4v) is 4.83. The molecule has 7 nitrogen and oxygen atoms in total. The van der Waals surface area contributed by atoms with Gasteiger partial charge in [-0.3, -0.25) is 14.6 Å². The van der Waals surface area contributed by atoms with Crippen molar-refractivity contribution in [2.75, 3.05) is 59.1 Å². The number of benzene rings is 1. The van der Waals surface area contributed by atoms with Crippen LogP contribution >= 0.6 is 0 Å². The number of carbonyl (C=O) groups is 1. The van der Waals surface area contributed by atoms with Gasteiger partial charge < -0.3 is 19.5 Å². The van der Waals surface area contributed by atoms with Crippen LogP contribution in [0, 0.1) is 5.92 Å². The van der Waals surface area contributed by atoms with E-state index in [1.54, 1.807) is 0 Å². The molecule has 1 amide bonds. The van der Waals surface area contributed by atoms with Crippen LogP contribution in [0.1, 0.15) is 44.7 Å². The first kappa shape index (κ1) is 22.4. The minimum absolute atomic E-state index is 0.0748. The zero-order valence-electron chi connectivity index (χ0n) is 19.0. The van der Waals surface area contributed by atoms with Gasteiger partial charge in [0.25, 0.3) is 0 Å². The Kier molecular flexibility index (Phi) is 7.69. The number of amides is 1. The number of nitrogens with zero attached hydrogens (tertiary/aromatic N) is 2. The molecule has 1 aromatic carbocycles. The maximum absolute atomic E-state index is 12.7. The molecule has 0 aromatic heterocycles. The highest BCUT2D eigenvalue weighted by atomic mass is 16.5. The largest absolute Gasteiger partial charge is 0.490 e. The number of ether oxygens (including phenoxy) is 3. The summed E-state index contributed by atoms with van der Waals surface area (Å²) >= 11 is 0. The normalized spacial score (nSPS) is 24.9. The van der Waals surface area contributed by atoms with Gasteiger partial charge in [0.05, 0.1) is 32.5 Å². The maximum Gasteiger partial charge on any atom is 0.234 e. The second kappa shape index (κ2) is 10.7. The third kappa shape index (κ3) is 6.11. The van der Waals surface area contributed by atoms with E-state index in [1.807, 2.05) is 6.07 Å². The molecular formula is C24H37N3O4. The Morgan fingerprint density at radius 2 is 1.97 bits per heavy atom. The average molecular weight is 432 g/mol. The molecule has 3 heterocycles. The van der Waals surface area contributed by atoms with Gasteiger partial charge in [0, 0.05) is 38.6 Å². The molecule has 2 atom stereocenters. The van der Waals surface area contributed by atoms with Crippen molar-refractivity contribution >= 4 is 5.91 Å². The Balaban J connectivity index is 1.28. The van der Waals surface area contributed by atoms with E-state index in [9.17, 15) is 4.79 Å². The first-order valence-corrected chi connectivity index (χ1v) is 11.8. The predicted molar refractivity (Wildman–Crippen MR) is 120 cm³/mol. The Morgan fingerprint density at radius 1 is 1.13 bits per heavy atom. The molecule has 0 bridgehead atoms. The van der Waals surface area contributed by atoms with Gasteiger partial charge in [-0.25, -0.2) is 0 Å². The van der Waals surface area contributed by atoms with Crippen LogP contribution in [0.5, 0.6) is 11.5 Å². The van der Waals surface area contributed by atoms with Gasteiger partial charge in [-0.05, 0) is 43.0 Å². The van der Waals surface area contributed by atoms with Gasteiger partial charge in [0.2, 0.25) is 5.91 Å². The molecule has 3 aliphatic rings. The van der Waals surface area contributed by atoms with Crippen LogP contribution in [0.3, 0.4) is 0 Å². The minimum atomic E-state index is 0.0748. The van der Waals surface area contributed by atoms with Crippen molar-refractivity contribution in [2.24, 2.45) is 5.92 Å². The number of carbonyl (C=O) groups excluding carboxylic acids is 1. The summed E-state index contributed by atoms with van der Waals surface area (Å²) in [7, 11) is 0. The second-order valence-corrected chi connectivity index (χ2v) is 9.34. The number of hydrogen-bond donors (Lipinski definition) is 1. The molecule has 1 N–H and O–H groups in total. The monoisotopic (exact) mass is 431 g/mol. The van der Waals surface area contributed by atoms with Gasteiger partial charge in [-0.2, -0.15) is 0 Å². The number of nitrogens with one attached hydrogen (secondary N) is 1. The molecule has 1 aromatic rings. The zero-order valence-corrected chi connectivity index (χ0v) is 19.0. The van der Waals surface area contributed by atoms with E-state index in [0.717, 1.165) is 63.5 Å². The van der Waals surface area contributed by atoms with Crippen molar-refractivity contribution in [3.05, 3.63) is 23.8 Å². The van der Waals surface area contributed by atoms with Crippen LogP contribution in [0.25, 0.3) is 0 Å². The van der Waals surface area contributed by atoms with Crippen molar-refractivity contribution in [3.8, 4) is 11.5 Å². The molecule has 0 spiro atoms. The minimum Gasteiger partial charge on any atom is -0.490 e. The molecule has 7 heteroatoms. The Morgan fingerprint density at radius 3 is 2.81 bits per heavy atom. The first-order valence-electron chi connectivity index (χ1n) is 11.8. The standard InChI is InChI=1S/C24H37N3O4/c1-18(2)15-26-9-12-29-20(16-26)14-25-24(28)17-27-8-3-5-21(27)19-6-7-22-23(13-19)31-11-4-10-30-22/h6-7,13,18,20-21H,3-5,8-12,14-17H2,1-2H3,(H,25,28). The number of likely N-dealkylation sites (tertiary alicyclic amines) is 1. The van der Waals surface area contributed by atoms with Crippen molar-refractivity contribution in [1.82, 2.24) is 15.1 Å². The Labute approximate surface area is 186 Å². The summed E-state index contributed by atoms with van der Waals surface area (Å²) in [5.41, 5.74) is 1.20. The first-order chi connectivity index (χ1) is 15.1. The van der Waals surface area contributed by atoms with Gasteiger partial charge in [0.1, 0.15) is 0 Å². The summed E-state index contributed by atoms with van der Waals surface area (Å²) in [4.78, 5) is 17.4. The third-order valence-corrected chi connectivity index (χ3v) is 6.24. The van der Waals surface area contributed by atoms with Crippen LogP contribution in [0.15, 0.2) is 18.2 Å². The molecule has 3 aliphatic heterocycles. The Bertz CT molecular complexity index is 742. The van der Waals surface area contributed by atoms with Crippen LogP contribution in [-0.2, 0) is 9.53 Å². The molecule has 0 aliphatic carbocycles. The third-order valence-electron chi connectivity index (χ3n) is 6.24. The van der Waals surface area contributed by atoms with Crippen molar-refractivity contribution in [1.29, 1.82) is 0 Å². The van der Waals surface area contributed by atoms with Crippen LogP contribution in [0.4, 0.5) is 0 Å². The van der Waals surface area contributed by atoms with Gasteiger partial charge in [0.15, 0.2) is 11.5 Å². The lowest BCUT2D eigenvalue weighted by Crippen LogP contribution is -2.49. The molecule has 2 saturated heterocycles. The lowest BCUT2D eigenvalue weighted by Gasteiger charge is -2.34. The van der Waals surface area contributed by atoms with Gasteiger partial charge >= 0.3 is 0 Å². The maximum atomic E-state index is 12.7. The van der Waals surface area contributed by atoms with E-state index >= 15 is 0 Å². The summed E-state index contributed by atoms with van der Waals surface area (Å²) in [5.74, 6) is 2.37. The van der Waals surface area contributed by atoms with E-state index in [2.05, 4.69) is 41.1 Å². The van der Waals surface area contributed by atoms with Crippen molar-refractivity contribution < 1.29 is 19.0 Å². The van der Waals surface area contributed by atoms with Gasteiger partial charge in [-0.15, -0.1) is 0 Å². The van der Waals surface area contributed by atoms with E-state index < -0.39 is 0 Å². The molecule has 0 saturated carbocycles. The van der Waals surface area contributed by atoms with Gasteiger partial charge in [-0.1, -0.05) is 19.9 Å². The van der Waals surface area contributed by atoms with Crippen LogP contribution in [-0.4, -0.2) is 80.9 Å². The molecular weight excluding hydrogens is 394 g/mol. The van der Waals surface area contributed by atoms with E-state index in [4.69, 9.17) is 14.2 Å². The number of fused-ring (bicyclic) bond motifs is 1. The lowest BCUT2D eigenvalue weighted by molar-refractivity contribution is -0.123. The molecule has 31 heavy (non-hydrogen) atoms. The summed E-state index contributed by atoms with van der Waals surface area (Å²) in [6.07, 6.45) is 3.14. The number of morpholine rings is 1. The smallest absolute Gasteiger partial charge is 0.234 e. The SMILES string of the molecule is CC(C)CN1CCOC(CNC(=O)CN2CCCC2c2ccc3c(c2)OCCCO3)C1. The number of rotatable bonds is 7. The fraction of sp³-hybridized carbons (Fsp3) is 0.708. The summed E-state index contributed by atoms with van der Waals surface area (Å²) in [6.45, 7) is 11.5. The highest BCUT2D eigenvalue weighted by Gasteiger charge is 2.29. The highest BCUT2D eigenvalue weighted by Crippen LogP contribution is 2.37. The van der Waals surface area contributed by atoms with E-state index in [1.165, 1.54) is 5.56 Å². The molecule has 0 radical (unpaired) electrons. The quantitative estimate of drug-likeness (QED) is 0.716. The Hall–Kier alpha value is -1.83. The van der Waals surface area contributed by atoms with Crippen molar-refractivity contribution in [2.45, 2.75) is 45.3 Å². The predicted octanol–water partition coefficient (Wildman–Crippen LogP) is 2.46. The van der Waals surface area contributed by atoms with Crippen LogP contribution in [0.2, 0.25) is 0 Å². The number of hydrogen-bond acceptors (Lipinski definition) is 6. The molecule has 2 fully saturated rings. The molecule has 4 rings (SSSR count).